The van der Waals surface area contributed by atoms with Crippen molar-refractivity contribution >= 4 is 0 Å². The molecule has 1 unspecified atom stereocenters. The second kappa shape index (κ2) is 7.88. The summed E-state index contributed by atoms with van der Waals surface area (Å²) in [6.45, 7) is 6.05. The molecule has 1 N–H and O–H groups in total. The Hall–Kier alpha value is -1.75. The van der Waals surface area contributed by atoms with Crippen LogP contribution in [0.25, 0.3) is 0 Å². The quantitative estimate of drug-likeness (QED) is 0.812. The van der Waals surface area contributed by atoms with Gasteiger partial charge in [-0.15, -0.1) is 0 Å². The summed E-state index contributed by atoms with van der Waals surface area (Å²) in [5.41, 5.74) is 1.08. The molecule has 5 heteroatoms. The van der Waals surface area contributed by atoms with Crippen LogP contribution in [-0.4, -0.2) is 21.3 Å². The molecule has 114 valence electrons. The summed E-state index contributed by atoms with van der Waals surface area (Å²) in [5, 5.41) is 7.77. The molecule has 0 fully saturated rings. The van der Waals surface area contributed by atoms with Gasteiger partial charge in [-0.1, -0.05) is 26.0 Å². The molecule has 1 heterocycles. The molecule has 0 aliphatic rings. The van der Waals surface area contributed by atoms with E-state index in [1.54, 1.807) is 6.33 Å². The van der Waals surface area contributed by atoms with Crippen molar-refractivity contribution in [3.8, 4) is 0 Å². The van der Waals surface area contributed by atoms with Crippen molar-refractivity contribution in [2.45, 2.75) is 45.7 Å². The van der Waals surface area contributed by atoms with Crippen molar-refractivity contribution in [2.75, 3.05) is 6.54 Å². The second-order valence-corrected chi connectivity index (χ2v) is 5.16. The van der Waals surface area contributed by atoms with E-state index in [-0.39, 0.29) is 11.9 Å². The fourth-order valence-corrected chi connectivity index (χ4v) is 2.35. The first-order valence-electron chi connectivity index (χ1n) is 7.60. The summed E-state index contributed by atoms with van der Waals surface area (Å²) in [5.74, 6) is 0.761. The third-order valence-electron chi connectivity index (χ3n) is 3.43. The standard InChI is InChI=1S/C16H23FN4/c1-3-9-18-15(13-5-7-14(17)8-6-13)11-16-19-12-20-21(16)10-4-2/h5-8,12,15,18H,3-4,9-11H2,1-2H3. The molecule has 1 aromatic carbocycles. The van der Waals surface area contributed by atoms with E-state index in [1.165, 1.54) is 12.1 Å². The molecule has 0 amide bonds. The van der Waals surface area contributed by atoms with Crippen LogP contribution in [0.3, 0.4) is 0 Å². The fraction of sp³-hybridized carbons (Fsp3) is 0.500. The maximum Gasteiger partial charge on any atom is 0.138 e. The van der Waals surface area contributed by atoms with Gasteiger partial charge in [0.1, 0.15) is 18.0 Å². The second-order valence-electron chi connectivity index (χ2n) is 5.16. The molecule has 4 nitrogen and oxygen atoms in total. The van der Waals surface area contributed by atoms with Crippen LogP contribution in [0.2, 0.25) is 0 Å². The fourth-order valence-electron chi connectivity index (χ4n) is 2.35. The lowest BCUT2D eigenvalue weighted by atomic mass is 10.0. The molecular weight excluding hydrogens is 267 g/mol. The van der Waals surface area contributed by atoms with E-state index in [9.17, 15) is 4.39 Å². The molecule has 2 rings (SSSR count). The monoisotopic (exact) mass is 290 g/mol. The van der Waals surface area contributed by atoms with Gasteiger partial charge in [-0.2, -0.15) is 5.10 Å². The van der Waals surface area contributed by atoms with Crippen LogP contribution >= 0.6 is 0 Å². The van der Waals surface area contributed by atoms with Crippen LogP contribution in [0.15, 0.2) is 30.6 Å². The molecule has 0 saturated carbocycles. The first kappa shape index (κ1) is 15.6. The van der Waals surface area contributed by atoms with E-state index in [1.807, 2.05) is 16.8 Å². The van der Waals surface area contributed by atoms with Gasteiger partial charge in [-0.3, -0.25) is 4.68 Å². The molecule has 0 radical (unpaired) electrons. The summed E-state index contributed by atoms with van der Waals surface area (Å²) in [6, 6.07) is 6.82. The number of halogens is 1. The first-order chi connectivity index (χ1) is 10.2. The van der Waals surface area contributed by atoms with Gasteiger partial charge in [-0.05, 0) is 37.1 Å². The summed E-state index contributed by atoms with van der Waals surface area (Å²) in [7, 11) is 0. The van der Waals surface area contributed by atoms with Crippen LogP contribution in [0.5, 0.6) is 0 Å². The Bertz CT molecular complexity index is 535. The van der Waals surface area contributed by atoms with Crippen molar-refractivity contribution in [1.82, 2.24) is 20.1 Å². The van der Waals surface area contributed by atoms with E-state index in [0.717, 1.165) is 43.7 Å². The van der Waals surface area contributed by atoms with Crippen molar-refractivity contribution in [1.29, 1.82) is 0 Å². The van der Waals surface area contributed by atoms with Gasteiger partial charge in [0.15, 0.2) is 0 Å². The van der Waals surface area contributed by atoms with Gasteiger partial charge < -0.3 is 5.32 Å². The number of nitrogens with zero attached hydrogens (tertiary/aromatic N) is 3. The highest BCUT2D eigenvalue weighted by Gasteiger charge is 2.15. The Kier molecular flexibility index (Phi) is 5.87. The number of hydrogen-bond donors (Lipinski definition) is 1. The molecule has 21 heavy (non-hydrogen) atoms. The van der Waals surface area contributed by atoms with Crippen LogP contribution in [-0.2, 0) is 13.0 Å². The van der Waals surface area contributed by atoms with E-state index < -0.39 is 0 Å². The molecule has 1 aromatic heterocycles. The van der Waals surface area contributed by atoms with Gasteiger partial charge in [0.25, 0.3) is 0 Å². The number of benzene rings is 1. The Morgan fingerprint density at radius 2 is 1.95 bits per heavy atom. The molecule has 0 bridgehead atoms. The molecule has 0 saturated heterocycles. The van der Waals surface area contributed by atoms with E-state index in [0.29, 0.717) is 0 Å². The van der Waals surface area contributed by atoms with Gasteiger partial charge in [-0.25, -0.2) is 9.37 Å². The highest BCUT2D eigenvalue weighted by molar-refractivity contribution is 5.21. The van der Waals surface area contributed by atoms with Crippen LogP contribution in [0.1, 0.15) is 44.1 Å². The van der Waals surface area contributed by atoms with Crippen molar-refractivity contribution in [3.05, 3.63) is 47.8 Å². The number of nitrogens with one attached hydrogen (secondary N) is 1. The molecule has 0 aliphatic heterocycles. The number of hydrogen-bond acceptors (Lipinski definition) is 3. The minimum Gasteiger partial charge on any atom is -0.310 e. The molecule has 0 spiro atoms. The average molecular weight is 290 g/mol. The summed E-state index contributed by atoms with van der Waals surface area (Å²) < 4.78 is 15.0. The van der Waals surface area contributed by atoms with Gasteiger partial charge in [0.05, 0.1) is 0 Å². The predicted molar refractivity (Wildman–Crippen MR) is 81.5 cm³/mol. The SMILES string of the molecule is CCCNC(Cc1ncnn1CCC)c1ccc(F)cc1. The van der Waals surface area contributed by atoms with Crippen molar-refractivity contribution in [2.24, 2.45) is 0 Å². The lowest BCUT2D eigenvalue weighted by Crippen LogP contribution is -2.25. The third-order valence-corrected chi connectivity index (χ3v) is 3.43. The minimum atomic E-state index is -0.206. The Morgan fingerprint density at radius 1 is 1.19 bits per heavy atom. The smallest absolute Gasteiger partial charge is 0.138 e. The Balaban J connectivity index is 2.15. The zero-order valence-electron chi connectivity index (χ0n) is 12.7. The van der Waals surface area contributed by atoms with Gasteiger partial charge in [0.2, 0.25) is 0 Å². The zero-order valence-corrected chi connectivity index (χ0v) is 12.7. The van der Waals surface area contributed by atoms with Crippen LogP contribution in [0.4, 0.5) is 4.39 Å². The zero-order chi connectivity index (χ0) is 15.1. The van der Waals surface area contributed by atoms with Crippen molar-refractivity contribution < 1.29 is 4.39 Å². The third kappa shape index (κ3) is 4.36. The predicted octanol–water partition coefficient (Wildman–Crippen LogP) is 3.11. The number of rotatable bonds is 8. The number of aromatic nitrogens is 3. The maximum absolute atomic E-state index is 13.1. The first-order valence-corrected chi connectivity index (χ1v) is 7.60. The van der Waals surface area contributed by atoms with Crippen molar-refractivity contribution in [3.63, 3.8) is 0 Å². The average Bonchev–Trinajstić information content (AvgIpc) is 2.92. The molecule has 2 aromatic rings. The largest absolute Gasteiger partial charge is 0.310 e. The topological polar surface area (TPSA) is 42.7 Å². The summed E-state index contributed by atoms with van der Waals surface area (Å²) >= 11 is 0. The highest BCUT2D eigenvalue weighted by Crippen LogP contribution is 2.18. The van der Waals surface area contributed by atoms with E-state index in [2.05, 4.69) is 29.2 Å². The number of aryl methyl sites for hydroxylation is 1. The summed E-state index contributed by atoms with van der Waals surface area (Å²) in [6.07, 6.45) is 4.44. The van der Waals surface area contributed by atoms with Gasteiger partial charge >= 0.3 is 0 Å². The lowest BCUT2D eigenvalue weighted by Gasteiger charge is -2.19. The molecular formula is C16H23FN4. The maximum atomic E-state index is 13.1. The molecule has 0 aliphatic carbocycles. The van der Waals surface area contributed by atoms with E-state index in [4.69, 9.17) is 0 Å². The van der Waals surface area contributed by atoms with Crippen LogP contribution < -0.4 is 5.32 Å². The summed E-state index contributed by atoms with van der Waals surface area (Å²) in [4.78, 5) is 4.36. The lowest BCUT2D eigenvalue weighted by molar-refractivity contribution is 0.487. The van der Waals surface area contributed by atoms with Crippen LogP contribution in [0, 0.1) is 5.82 Å². The van der Waals surface area contributed by atoms with Gasteiger partial charge in [0, 0.05) is 19.0 Å². The Labute approximate surface area is 125 Å². The normalized spacial score (nSPS) is 12.5. The molecule has 1 atom stereocenters. The van der Waals surface area contributed by atoms with E-state index >= 15 is 0 Å². The minimum absolute atomic E-state index is 0.130. The Morgan fingerprint density at radius 3 is 2.62 bits per heavy atom. The highest BCUT2D eigenvalue weighted by atomic mass is 19.1.